The van der Waals surface area contributed by atoms with Gasteiger partial charge >= 0.3 is 6.03 Å². The summed E-state index contributed by atoms with van der Waals surface area (Å²) in [6, 6.07) is 5.40. The molecular weight excluding hydrogens is 413 g/mol. The van der Waals surface area contributed by atoms with Crippen molar-refractivity contribution in [2.24, 2.45) is 11.8 Å². The number of rotatable bonds is 3. The van der Waals surface area contributed by atoms with Gasteiger partial charge in [-0.25, -0.2) is 4.79 Å². The van der Waals surface area contributed by atoms with E-state index in [2.05, 4.69) is 10.00 Å². The average Bonchev–Trinajstić information content (AvgIpc) is 3.38. The molecule has 2 aliphatic heterocycles. The predicted octanol–water partition coefficient (Wildman–Crippen LogP) is 3.20. The van der Waals surface area contributed by atoms with Crippen LogP contribution in [0.3, 0.4) is 0 Å². The van der Waals surface area contributed by atoms with Crippen LogP contribution in [0.2, 0.25) is 10.0 Å². The summed E-state index contributed by atoms with van der Waals surface area (Å²) in [5.41, 5.74) is 1.64. The van der Waals surface area contributed by atoms with E-state index < -0.39 is 0 Å². The monoisotopic (exact) mass is 435 g/mol. The van der Waals surface area contributed by atoms with Crippen molar-refractivity contribution < 1.29 is 9.59 Å². The second-order valence-corrected chi connectivity index (χ2v) is 8.70. The molecule has 0 aliphatic carbocycles. The van der Waals surface area contributed by atoms with Gasteiger partial charge in [0, 0.05) is 56.7 Å². The van der Waals surface area contributed by atoms with E-state index in [0.29, 0.717) is 35.6 Å². The van der Waals surface area contributed by atoms with Gasteiger partial charge in [0.15, 0.2) is 0 Å². The van der Waals surface area contributed by atoms with Gasteiger partial charge < -0.3 is 9.80 Å². The first-order valence-corrected chi connectivity index (χ1v) is 10.3. The van der Waals surface area contributed by atoms with Crippen molar-refractivity contribution in [2.75, 3.05) is 38.1 Å². The first kappa shape index (κ1) is 20.2. The van der Waals surface area contributed by atoms with E-state index in [-0.39, 0.29) is 11.9 Å². The summed E-state index contributed by atoms with van der Waals surface area (Å²) in [7, 11) is 1.66. The lowest BCUT2D eigenvalue weighted by molar-refractivity contribution is -0.116. The normalized spacial score (nSPS) is 21.4. The molecule has 0 bridgehead atoms. The molecule has 1 aromatic carbocycles. The molecule has 154 valence electrons. The Hall–Kier alpha value is -2.09. The quantitative estimate of drug-likeness (QED) is 0.742. The summed E-state index contributed by atoms with van der Waals surface area (Å²) < 4.78 is 1.32. The topological polar surface area (TPSA) is 61.7 Å². The molecule has 3 heterocycles. The van der Waals surface area contributed by atoms with E-state index in [1.54, 1.807) is 19.3 Å². The van der Waals surface area contributed by atoms with Crippen LogP contribution < -0.4 is 4.90 Å². The number of halogens is 2. The molecule has 9 heteroatoms. The van der Waals surface area contributed by atoms with E-state index in [0.717, 1.165) is 30.2 Å². The highest BCUT2D eigenvalue weighted by atomic mass is 35.5. The molecule has 2 fully saturated rings. The molecule has 1 aromatic heterocycles. The lowest BCUT2D eigenvalue weighted by atomic mass is 10.0. The van der Waals surface area contributed by atoms with Crippen molar-refractivity contribution >= 4 is 40.8 Å². The third kappa shape index (κ3) is 4.13. The van der Waals surface area contributed by atoms with Crippen molar-refractivity contribution in [1.82, 2.24) is 19.6 Å². The fourth-order valence-corrected chi connectivity index (χ4v) is 4.57. The summed E-state index contributed by atoms with van der Waals surface area (Å²) in [5.74, 6) is 0.770. The second-order valence-electron chi connectivity index (χ2n) is 7.86. The number of anilines is 1. The van der Waals surface area contributed by atoms with Crippen molar-refractivity contribution in [2.45, 2.75) is 13.5 Å². The number of hydrogen-bond acceptors (Lipinski definition) is 4. The maximum Gasteiger partial charge on any atom is 0.344 e. The molecule has 2 aromatic rings. The van der Waals surface area contributed by atoms with Crippen LogP contribution in [0.15, 0.2) is 30.6 Å². The molecule has 7 nitrogen and oxygen atoms in total. The molecule has 29 heavy (non-hydrogen) atoms. The Morgan fingerprint density at radius 1 is 1.17 bits per heavy atom. The molecule has 2 atom stereocenters. The van der Waals surface area contributed by atoms with Crippen molar-refractivity contribution in [3.63, 3.8) is 0 Å². The molecule has 2 amide bonds. The minimum absolute atomic E-state index is 0.104. The molecule has 0 spiro atoms. The van der Waals surface area contributed by atoms with Crippen LogP contribution in [0, 0.1) is 11.8 Å². The van der Waals surface area contributed by atoms with Crippen LogP contribution in [-0.4, -0.2) is 64.7 Å². The van der Waals surface area contributed by atoms with E-state index in [1.165, 1.54) is 22.7 Å². The number of hydrogen-bond donors (Lipinski definition) is 0. The second kappa shape index (κ2) is 7.97. The lowest BCUT2D eigenvalue weighted by Crippen LogP contribution is -2.36. The number of carbonyl (C=O) groups excluding carboxylic acids is 2. The molecule has 2 aliphatic rings. The van der Waals surface area contributed by atoms with Gasteiger partial charge in [0.1, 0.15) is 0 Å². The maximum atomic E-state index is 12.8. The number of carbonyl (C=O) groups is 2. The van der Waals surface area contributed by atoms with Gasteiger partial charge in [-0.15, -0.1) is 0 Å². The lowest BCUT2D eigenvalue weighted by Gasteiger charge is -2.22. The Morgan fingerprint density at radius 2 is 1.86 bits per heavy atom. The zero-order chi connectivity index (χ0) is 20.7. The Balaban J connectivity index is 1.36. The fourth-order valence-electron chi connectivity index (χ4n) is 4.20. The summed E-state index contributed by atoms with van der Waals surface area (Å²) in [5, 5.41) is 5.56. The van der Waals surface area contributed by atoms with Crippen molar-refractivity contribution in [3.8, 4) is 0 Å². The van der Waals surface area contributed by atoms with Crippen LogP contribution in [0.25, 0.3) is 0 Å². The van der Waals surface area contributed by atoms with Gasteiger partial charge in [0.25, 0.3) is 0 Å². The highest BCUT2D eigenvalue weighted by Gasteiger charge is 2.42. The molecule has 0 N–H and O–H groups in total. The van der Waals surface area contributed by atoms with Crippen molar-refractivity contribution in [1.29, 1.82) is 0 Å². The Bertz CT molecular complexity index is 933. The molecule has 2 saturated heterocycles. The van der Waals surface area contributed by atoms with Crippen LogP contribution in [0.1, 0.15) is 12.5 Å². The number of likely N-dealkylation sites (tertiary alicyclic amines) is 2. The smallest absolute Gasteiger partial charge is 0.322 e. The average molecular weight is 436 g/mol. The Kier molecular flexibility index (Phi) is 5.55. The largest absolute Gasteiger partial charge is 0.344 e. The van der Waals surface area contributed by atoms with Crippen LogP contribution in [-0.2, 0) is 11.3 Å². The third-order valence-electron chi connectivity index (χ3n) is 5.86. The SMILES string of the molecule is CC(=O)N(C)c1cnn(C(=O)N2CC3CN(Cc4cc(Cl)ccc4Cl)CC3C2)c1. The highest BCUT2D eigenvalue weighted by Crippen LogP contribution is 2.33. The Labute approximate surface area is 179 Å². The van der Waals surface area contributed by atoms with E-state index in [1.807, 2.05) is 17.0 Å². The molecule has 2 unspecified atom stereocenters. The van der Waals surface area contributed by atoms with Gasteiger partial charge in [-0.1, -0.05) is 23.2 Å². The predicted molar refractivity (Wildman–Crippen MR) is 112 cm³/mol. The van der Waals surface area contributed by atoms with Gasteiger partial charge in [0.2, 0.25) is 5.91 Å². The highest BCUT2D eigenvalue weighted by molar-refractivity contribution is 6.33. The first-order chi connectivity index (χ1) is 13.8. The summed E-state index contributed by atoms with van der Waals surface area (Å²) >= 11 is 12.4. The van der Waals surface area contributed by atoms with Gasteiger partial charge in [-0.2, -0.15) is 9.78 Å². The van der Waals surface area contributed by atoms with Gasteiger partial charge in [-0.3, -0.25) is 9.69 Å². The summed E-state index contributed by atoms with van der Waals surface area (Å²) in [6.45, 7) is 5.51. The zero-order valence-electron chi connectivity index (χ0n) is 16.4. The third-order valence-corrected chi connectivity index (χ3v) is 6.46. The zero-order valence-corrected chi connectivity index (χ0v) is 17.9. The van der Waals surface area contributed by atoms with E-state index in [4.69, 9.17) is 23.2 Å². The fraction of sp³-hybridized carbons (Fsp3) is 0.450. The number of nitrogens with zero attached hydrogens (tertiary/aromatic N) is 5. The number of fused-ring (bicyclic) bond motifs is 1. The minimum atomic E-state index is -0.146. The first-order valence-electron chi connectivity index (χ1n) is 9.56. The molecule has 0 radical (unpaired) electrons. The van der Waals surface area contributed by atoms with E-state index >= 15 is 0 Å². The molecular formula is C20H23Cl2N5O2. The van der Waals surface area contributed by atoms with E-state index in [9.17, 15) is 9.59 Å². The summed E-state index contributed by atoms with van der Waals surface area (Å²) in [4.78, 5) is 30.0. The van der Waals surface area contributed by atoms with Crippen LogP contribution in [0.4, 0.5) is 10.5 Å². The van der Waals surface area contributed by atoms with Gasteiger partial charge in [0.05, 0.1) is 18.1 Å². The summed E-state index contributed by atoms with van der Waals surface area (Å²) in [6.07, 6.45) is 3.14. The minimum Gasteiger partial charge on any atom is -0.322 e. The Morgan fingerprint density at radius 3 is 2.52 bits per heavy atom. The van der Waals surface area contributed by atoms with Gasteiger partial charge in [-0.05, 0) is 35.6 Å². The molecule has 0 saturated carbocycles. The number of aromatic nitrogens is 2. The van der Waals surface area contributed by atoms with Crippen molar-refractivity contribution in [3.05, 3.63) is 46.2 Å². The standard InChI is InChI=1S/C20H23Cl2N5O2/c1-13(28)24(2)18-6-23-27(12-18)20(29)26-10-15-8-25(9-16(15)11-26)7-14-5-17(21)3-4-19(14)22/h3-6,12,15-16H,7-11H2,1-2H3. The van der Waals surface area contributed by atoms with Crippen LogP contribution in [0.5, 0.6) is 0 Å². The van der Waals surface area contributed by atoms with Crippen LogP contribution >= 0.6 is 23.2 Å². The molecule has 4 rings (SSSR count). The number of amides is 2. The maximum absolute atomic E-state index is 12.8. The number of benzene rings is 1.